The fraction of sp³-hybridized carbons (Fsp3) is 0.190. The lowest BCUT2D eigenvalue weighted by atomic mass is 10.1. The van der Waals surface area contributed by atoms with Gasteiger partial charge in [0.15, 0.2) is 11.2 Å². The second-order valence-corrected chi connectivity index (χ2v) is 6.83. The van der Waals surface area contributed by atoms with Crippen molar-refractivity contribution in [2.24, 2.45) is 0 Å². The maximum Gasteiger partial charge on any atom is 0.266 e. The van der Waals surface area contributed by atoms with Gasteiger partial charge in [0.05, 0.1) is 17.3 Å². The second kappa shape index (κ2) is 8.47. The van der Waals surface area contributed by atoms with E-state index in [4.69, 9.17) is 10.00 Å². The molecule has 2 aromatic carbocycles. The number of aromatic nitrogens is 1. The van der Waals surface area contributed by atoms with Crippen LogP contribution in [0.5, 0.6) is 5.75 Å². The normalized spacial score (nSPS) is 11.4. The zero-order valence-electron chi connectivity index (χ0n) is 15.1. The second-order valence-electron chi connectivity index (χ2n) is 5.97. The third-order valence-corrected chi connectivity index (χ3v) is 4.82. The number of ether oxygens (including phenoxy) is 1. The number of benzene rings is 2. The molecule has 1 atom stereocenters. The monoisotopic (exact) mass is 377 g/mol. The molecule has 0 saturated heterocycles. The molecule has 1 aromatic heterocycles. The molecule has 5 nitrogen and oxygen atoms in total. The molecule has 0 aliphatic rings. The lowest BCUT2D eigenvalue weighted by molar-refractivity contribution is -0.122. The third-order valence-electron chi connectivity index (χ3n) is 4.06. The van der Waals surface area contributed by atoms with E-state index in [1.165, 1.54) is 16.9 Å². The lowest BCUT2D eigenvalue weighted by Crippen LogP contribution is -2.30. The van der Waals surface area contributed by atoms with Crippen LogP contribution in [0, 0.1) is 11.3 Å². The number of nitrogens with zero attached hydrogens (tertiary/aromatic N) is 2. The Morgan fingerprint density at radius 3 is 2.56 bits per heavy atom. The van der Waals surface area contributed by atoms with Gasteiger partial charge < -0.3 is 4.74 Å². The Morgan fingerprint density at radius 2 is 1.93 bits per heavy atom. The zero-order chi connectivity index (χ0) is 19.2. The summed E-state index contributed by atoms with van der Waals surface area (Å²) in [5, 5.41) is 14.1. The fourth-order valence-electron chi connectivity index (χ4n) is 2.45. The van der Waals surface area contributed by atoms with Gasteiger partial charge in [-0.3, -0.25) is 10.1 Å². The van der Waals surface area contributed by atoms with E-state index in [0.29, 0.717) is 16.4 Å². The van der Waals surface area contributed by atoms with Gasteiger partial charge in [-0.25, -0.2) is 4.98 Å². The van der Waals surface area contributed by atoms with Gasteiger partial charge in [-0.05, 0) is 43.2 Å². The first-order valence-corrected chi connectivity index (χ1v) is 9.49. The number of hydrogen-bond acceptors (Lipinski definition) is 5. The number of nitrogens with one attached hydrogen (secondary N) is 1. The smallest absolute Gasteiger partial charge is 0.266 e. The first kappa shape index (κ1) is 18.6. The molecule has 1 amide bonds. The highest BCUT2D eigenvalue weighted by molar-refractivity contribution is 7.14. The molecule has 3 rings (SSSR count). The number of nitriles is 1. The van der Waals surface area contributed by atoms with Crippen molar-refractivity contribution in [1.82, 2.24) is 4.98 Å². The van der Waals surface area contributed by atoms with Crippen LogP contribution < -0.4 is 10.1 Å². The van der Waals surface area contributed by atoms with Gasteiger partial charge in [-0.15, -0.1) is 11.3 Å². The van der Waals surface area contributed by atoms with Crippen molar-refractivity contribution in [3.05, 3.63) is 65.0 Å². The van der Waals surface area contributed by atoms with Gasteiger partial charge in [0.2, 0.25) is 0 Å². The van der Waals surface area contributed by atoms with E-state index >= 15 is 0 Å². The van der Waals surface area contributed by atoms with Crippen LogP contribution in [0.3, 0.4) is 0 Å². The summed E-state index contributed by atoms with van der Waals surface area (Å²) in [5.41, 5.74) is 3.67. The first-order valence-electron chi connectivity index (χ1n) is 8.61. The van der Waals surface area contributed by atoms with Crippen molar-refractivity contribution < 1.29 is 9.53 Å². The van der Waals surface area contributed by atoms with Crippen molar-refractivity contribution >= 4 is 22.4 Å². The lowest BCUT2D eigenvalue weighted by Gasteiger charge is -2.13. The van der Waals surface area contributed by atoms with Gasteiger partial charge in [-0.2, -0.15) is 5.26 Å². The first-order chi connectivity index (χ1) is 13.1. The standard InChI is InChI=1S/C21H19N3O2S/c1-3-15-4-8-17(9-5-15)19-13-27-21(23-19)24-20(25)14(2)26-18-10-6-16(12-22)7-11-18/h4-11,13-14H,3H2,1-2H3,(H,23,24,25)/t14-/m0/s1. The van der Waals surface area contributed by atoms with Gasteiger partial charge in [0, 0.05) is 10.9 Å². The molecule has 6 heteroatoms. The summed E-state index contributed by atoms with van der Waals surface area (Å²) in [6.45, 7) is 3.79. The number of thiazole rings is 1. The summed E-state index contributed by atoms with van der Waals surface area (Å²) in [7, 11) is 0. The molecule has 0 unspecified atom stereocenters. The van der Waals surface area contributed by atoms with Gasteiger partial charge in [-0.1, -0.05) is 31.2 Å². The van der Waals surface area contributed by atoms with Crippen LogP contribution in [0.2, 0.25) is 0 Å². The molecule has 1 heterocycles. The topological polar surface area (TPSA) is 75.0 Å². The van der Waals surface area contributed by atoms with Gasteiger partial charge in [0.1, 0.15) is 5.75 Å². The van der Waals surface area contributed by atoms with Gasteiger partial charge in [0.25, 0.3) is 5.91 Å². The summed E-state index contributed by atoms with van der Waals surface area (Å²) in [5.74, 6) is 0.258. The number of anilines is 1. The van der Waals surface area contributed by atoms with E-state index in [9.17, 15) is 4.79 Å². The van der Waals surface area contributed by atoms with Crippen LogP contribution in [0.15, 0.2) is 53.9 Å². The Kier molecular flexibility index (Phi) is 5.84. The van der Waals surface area contributed by atoms with Crippen LogP contribution in [0.25, 0.3) is 11.3 Å². The van der Waals surface area contributed by atoms with Gasteiger partial charge >= 0.3 is 0 Å². The van der Waals surface area contributed by atoms with E-state index in [1.54, 1.807) is 31.2 Å². The Bertz CT molecular complexity index is 956. The van der Waals surface area contributed by atoms with E-state index in [1.807, 2.05) is 23.6 Å². The quantitative estimate of drug-likeness (QED) is 0.678. The largest absolute Gasteiger partial charge is 0.481 e. The van der Waals surface area contributed by atoms with Crippen LogP contribution in [-0.2, 0) is 11.2 Å². The van der Waals surface area contributed by atoms with Crippen molar-refractivity contribution in [3.8, 4) is 23.1 Å². The highest BCUT2D eigenvalue weighted by Gasteiger charge is 2.16. The minimum absolute atomic E-state index is 0.276. The Balaban J connectivity index is 1.61. The molecule has 0 bridgehead atoms. The molecular weight excluding hydrogens is 358 g/mol. The minimum atomic E-state index is -0.686. The van der Waals surface area contributed by atoms with E-state index in [2.05, 4.69) is 29.4 Å². The van der Waals surface area contributed by atoms with Crippen LogP contribution in [-0.4, -0.2) is 17.0 Å². The van der Waals surface area contributed by atoms with Crippen molar-refractivity contribution in [3.63, 3.8) is 0 Å². The maximum absolute atomic E-state index is 12.3. The average molecular weight is 377 g/mol. The predicted octanol–water partition coefficient (Wildman–Crippen LogP) is 4.65. The van der Waals surface area contributed by atoms with E-state index in [-0.39, 0.29) is 5.91 Å². The molecule has 0 radical (unpaired) electrons. The molecule has 0 spiro atoms. The molecule has 0 aliphatic carbocycles. The zero-order valence-corrected chi connectivity index (χ0v) is 15.9. The summed E-state index contributed by atoms with van der Waals surface area (Å²) in [6, 6.07) is 16.9. The van der Waals surface area contributed by atoms with Crippen molar-refractivity contribution in [2.45, 2.75) is 26.4 Å². The summed E-state index contributed by atoms with van der Waals surface area (Å²) < 4.78 is 5.62. The highest BCUT2D eigenvalue weighted by Crippen LogP contribution is 2.25. The minimum Gasteiger partial charge on any atom is -0.481 e. The number of aryl methyl sites for hydroxylation is 1. The summed E-state index contributed by atoms with van der Waals surface area (Å²) in [4.78, 5) is 16.8. The molecule has 3 aromatic rings. The number of amides is 1. The molecular formula is C21H19N3O2S. The maximum atomic E-state index is 12.3. The third kappa shape index (κ3) is 4.72. The van der Waals surface area contributed by atoms with E-state index in [0.717, 1.165) is 17.7 Å². The van der Waals surface area contributed by atoms with Crippen LogP contribution >= 0.6 is 11.3 Å². The van der Waals surface area contributed by atoms with Crippen LogP contribution in [0.4, 0.5) is 5.13 Å². The fourth-order valence-corrected chi connectivity index (χ4v) is 3.17. The Labute approximate surface area is 162 Å². The summed E-state index contributed by atoms with van der Waals surface area (Å²) >= 11 is 1.38. The number of carbonyl (C=O) groups excluding carboxylic acids is 1. The molecule has 0 saturated carbocycles. The van der Waals surface area contributed by atoms with E-state index < -0.39 is 6.10 Å². The molecule has 0 fully saturated rings. The summed E-state index contributed by atoms with van der Waals surface area (Å²) in [6.07, 6.45) is 0.310. The molecule has 136 valence electrons. The van der Waals surface area contributed by atoms with Crippen molar-refractivity contribution in [2.75, 3.05) is 5.32 Å². The molecule has 27 heavy (non-hydrogen) atoms. The van der Waals surface area contributed by atoms with Crippen LogP contribution in [0.1, 0.15) is 25.0 Å². The average Bonchev–Trinajstić information content (AvgIpc) is 3.17. The highest BCUT2D eigenvalue weighted by atomic mass is 32.1. The SMILES string of the molecule is CCc1ccc(-c2csc(NC(=O)[C@H](C)Oc3ccc(C#N)cc3)n2)cc1. The number of hydrogen-bond donors (Lipinski definition) is 1. The number of rotatable bonds is 6. The van der Waals surface area contributed by atoms with Crippen molar-refractivity contribution in [1.29, 1.82) is 5.26 Å². The Morgan fingerprint density at radius 1 is 1.22 bits per heavy atom. The molecule has 1 N–H and O–H groups in total. The Hall–Kier alpha value is -3.17. The molecule has 0 aliphatic heterocycles. The predicted molar refractivity (Wildman–Crippen MR) is 107 cm³/mol. The number of carbonyl (C=O) groups is 1.